The van der Waals surface area contributed by atoms with Crippen molar-refractivity contribution in [2.45, 2.75) is 26.8 Å². The van der Waals surface area contributed by atoms with E-state index in [0.717, 1.165) is 13.1 Å². The van der Waals surface area contributed by atoms with Crippen LogP contribution in [-0.4, -0.2) is 42.3 Å². The first kappa shape index (κ1) is 15.8. The second kappa shape index (κ2) is 6.26. The Labute approximate surface area is 116 Å². The Morgan fingerprint density at radius 3 is 2.21 bits per heavy atom. The molecule has 1 atom stereocenters. The molecule has 0 saturated heterocycles. The van der Waals surface area contributed by atoms with Crippen molar-refractivity contribution >= 4 is 0 Å². The van der Waals surface area contributed by atoms with Gasteiger partial charge in [0.05, 0.1) is 5.56 Å². The first-order valence-corrected chi connectivity index (χ1v) is 6.62. The number of benzene rings is 1. The van der Waals surface area contributed by atoms with Crippen LogP contribution in [0.2, 0.25) is 0 Å². The summed E-state index contributed by atoms with van der Waals surface area (Å²) in [5.74, 6) is 0.260. The normalized spacial score (nSPS) is 13.8. The number of aromatic hydroxyl groups is 2. The van der Waals surface area contributed by atoms with Crippen molar-refractivity contribution in [2.75, 3.05) is 27.2 Å². The van der Waals surface area contributed by atoms with Gasteiger partial charge in [0.1, 0.15) is 11.5 Å². The van der Waals surface area contributed by atoms with Crippen LogP contribution in [0.1, 0.15) is 32.4 Å². The van der Waals surface area contributed by atoms with E-state index in [-0.39, 0.29) is 23.0 Å². The quantitative estimate of drug-likeness (QED) is 0.740. The Hall–Kier alpha value is -1.26. The summed E-state index contributed by atoms with van der Waals surface area (Å²) in [6.07, 6.45) is 0. The molecule has 0 heterocycles. The fraction of sp³-hybridized carbons (Fsp3) is 0.600. The number of nitrogens with zero attached hydrogens (tertiary/aromatic N) is 1. The van der Waals surface area contributed by atoms with E-state index in [1.54, 1.807) is 18.2 Å². The van der Waals surface area contributed by atoms with Crippen molar-refractivity contribution in [3.63, 3.8) is 0 Å². The van der Waals surface area contributed by atoms with Crippen LogP contribution in [0, 0.1) is 5.41 Å². The second-order valence-electron chi connectivity index (χ2n) is 6.21. The summed E-state index contributed by atoms with van der Waals surface area (Å²) in [5.41, 5.74) is 0.681. The molecule has 1 rings (SSSR count). The largest absolute Gasteiger partial charge is 0.507 e. The second-order valence-corrected chi connectivity index (χ2v) is 6.21. The first-order valence-electron chi connectivity index (χ1n) is 6.62. The molecule has 0 fully saturated rings. The third-order valence-electron chi connectivity index (χ3n) is 3.12. The number of hydrogen-bond acceptors (Lipinski definition) is 4. The van der Waals surface area contributed by atoms with Crippen molar-refractivity contribution in [1.82, 2.24) is 10.2 Å². The van der Waals surface area contributed by atoms with Crippen LogP contribution < -0.4 is 5.32 Å². The minimum atomic E-state index is -0.0948. The molecule has 1 unspecified atom stereocenters. The summed E-state index contributed by atoms with van der Waals surface area (Å²) in [7, 11) is 4.11. The smallest absolute Gasteiger partial charge is 0.124 e. The monoisotopic (exact) mass is 266 g/mol. The highest BCUT2D eigenvalue weighted by Crippen LogP contribution is 2.32. The van der Waals surface area contributed by atoms with E-state index in [1.807, 2.05) is 6.92 Å². The molecule has 0 amide bonds. The molecule has 1 aromatic carbocycles. The maximum atomic E-state index is 9.83. The fourth-order valence-electron chi connectivity index (χ4n) is 2.43. The van der Waals surface area contributed by atoms with E-state index >= 15 is 0 Å². The van der Waals surface area contributed by atoms with E-state index < -0.39 is 0 Å². The number of phenols is 2. The van der Waals surface area contributed by atoms with E-state index in [4.69, 9.17) is 0 Å². The molecule has 0 spiro atoms. The minimum Gasteiger partial charge on any atom is -0.507 e. The van der Waals surface area contributed by atoms with Crippen molar-refractivity contribution in [3.05, 3.63) is 23.8 Å². The van der Waals surface area contributed by atoms with Crippen molar-refractivity contribution in [2.24, 2.45) is 5.41 Å². The van der Waals surface area contributed by atoms with E-state index in [0.29, 0.717) is 5.56 Å². The molecule has 0 aliphatic rings. The molecule has 0 aromatic heterocycles. The number of rotatable bonds is 6. The van der Waals surface area contributed by atoms with Gasteiger partial charge in [-0.05, 0) is 38.6 Å². The maximum Gasteiger partial charge on any atom is 0.124 e. The van der Waals surface area contributed by atoms with E-state index in [2.05, 4.69) is 38.2 Å². The average Bonchev–Trinajstić information content (AvgIpc) is 2.24. The lowest BCUT2D eigenvalue weighted by atomic mass is 9.92. The van der Waals surface area contributed by atoms with Crippen molar-refractivity contribution in [1.29, 1.82) is 0 Å². The van der Waals surface area contributed by atoms with Gasteiger partial charge in [-0.1, -0.05) is 19.9 Å². The van der Waals surface area contributed by atoms with Gasteiger partial charge in [0.2, 0.25) is 0 Å². The van der Waals surface area contributed by atoms with Crippen LogP contribution in [0.15, 0.2) is 18.2 Å². The number of nitrogens with one attached hydrogen (secondary N) is 1. The van der Waals surface area contributed by atoms with Gasteiger partial charge in [-0.3, -0.25) is 0 Å². The standard InChI is InChI=1S/C15H26N2O2/c1-11(14-12(18)7-6-8-13(14)19)16-9-15(2,3)10-17(4)5/h6-8,11,16,18-19H,9-10H2,1-5H3. The van der Waals surface area contributed by atoms with Gasteiger partial charge in [-0.2, -0.15) is 0 Å². The predicted octanol–water partition coefficient (Wildman–Crippen LogP) is 2.34. The summed E-state index contributed by atoms with van der Waals surface area (Å²) in [5, 5.41) is 23.0. The van der Waals surface area contributed by atoms with Crippen LogP contribution >= 0.6 is 0 Å². The lowest BCUT2D eigenvalue weighted by Crippen LogP contribution is -2.38. The maximum absolute atomic E-state index is 9.83. The van der Waals surface area contributed by atoms with Crippen LogP contribution in [0.25, 0.3) is 0 Å². The predicted molar refractivity (Wildman–Crippen MR) is 78.5 cm³/mol. The SMILES string of the molecule is CC(NCC(C)(C)CN(C)C)c1c(O)cccc1O. The molecule has 0 aliphatic heterocycles. The van der Waals surface area contributed by atoms with Gasteiger partial charge in [-0.15, -0.1) is 0 Å². The molecule has 0 bridgehead atoms. The molecule has 19 heavy (non-hydrogen) atoms. The molecule has 4 nitrogen and oxygen atoms in total. The third kappa shape index (κ3) is 4.73. The Morgan fingerprint density at radius 1 is 1.21 bits per heavy atom. The van der Waals surface area contributed by atoms with Crippen LogP contribution in [-0.2, 0) is 0 Å². The zero-order chi connectivity index (χ0) is 14.6. The molecular formula is C15H26N2O2. The van der Waals surface area contributed by atoms with Crippen LogP contribution in [0.3, 0.4) is 0 Å². The molecular weight excluding hydrogens is 240 g/mol. The molecule has 0 aliphatic carbocycles. The van der Waals surface area contributed by atoms with Gasteiger partial charge >= 0.3 is 0 Å². The summed E-state index contributed by atoms with van der Waals surface area (Å²) in [6.45, 7) is 8.11. The van der Waals surface area contributed by atoms with Crippen molar-refractivity contribution in [3.8, 4) is 11.5 Å². The van der Waals surface area contributed by atoms with Gasteiger partial charge in [0, 0.05) is 19.1 Å². The van der Waals surface area contributed by atoms with E-state index in [9.17, 15) is 10.2 Å². The summed E-state index contributed by atoms with van der Waals surface area (Å²) in [4.78, 5) is 2.16. The highest BCUT2D eigenvalue weighted by molar-refractivity contribution is 5.44. The molecule has 3 N–H and O–H groups in total. The molecule has 4 heteroatoms. The lowest BCUT2D eigenvalue weighted by Gasteiger charge is -2.30. The number of hydrogen-bond donors (Lipinski definition) is 3. The molecule has 0 saturated carbocycles. The van der Waals surface area contributed by atoms with E-state index in [1.165, 1.54) is 0 Å². The van der Waals surface area contributed by atoms with Gasteiger partial charge in [0.25, 0.3) is 0 Å². The topological polar surface area (TPSA) is 55.7 Å². The van der Waals surface area contributed by atoms with Gasteiger partial charge in [-0.25, -0.2) is 0 Å². The fourth-order valence-corrected chi connectivity index (χ4v) is 2.43. The minimum absolute atomic E-state index is 0.0948. The highest BCUT2D eigenvalue weighted by Gasteiger charge is 2.21. The summed E-state index contributed by atoms with van der Waals surface area (Å²) >= 11 is 0. The zero-order valence-corrected chi connectivity index (χ0v) is 12.6. The Balaban J connectivity index is 2.68. The van der Waals surface area contributed by atoms with Gasteiger partial charge < -0.3 is 20.4 Å². The summed E-state index contributed by atoms with van der Waals surface area (Å²) < 4.78 is 0. The average molecular weight is 266 g/mol. The van der Waals surface area contributed by atoms with Crippen LogP contribution in [0.5, 0.6) is 11.5 Å². The van der Waals surface area contributed by atoms with Gasteiger partial charge in [0.15, 0.2) is 0 Å². The first-order chi connectivity index (χ1) is 8.73. The molecule has 0 radical (unpaired) electrons. The third-order valence-corrected chi connectivity index (χ3v) is 3.12. The Kier molecular flexibility index (Phi) is 5.20. The Morgan fingerprint density at radius 2 is 1.74 bits per heavy atom. The van der Waals surface area contributed by atoms with Crippen LogP contribution in [0.4, 0.5) is 0 Å². The highest BCUT2D eigenvalue weighted by atomic mass is 16.3. The summed E-state index contributed by atoms with van der Waals surface area (Å²) in [6, 6.07) is 4.73. The lowest BCUT2D eigenvalue weighted by molar-refractivity contribution is 0.226. The Bertz CT molecular complexity index is 396. The molecule has 108 valence electrons. The molecule has 1 aromatic rings. The zero-order valence-electron chi connectivity index (χ0n) is 12.6. The number of phenolic OH excluding ortho intramolecular Hbond substituents is 2. The van der Waals surface area contributed by atoms with Crippen molar-refractivity contribution < 1.29 is 10.2 Å².